The van der Waals surface area contributed by atoms with Gasteiger partial charge in [-0.15, -0.1) is 0 Å². The molecule has 9 heteroatoms. The average molecular weight is 363 g/mol. The number of nitrogens with one attached hydrogen (secondary N) is 2. The zero-order valence-corrected chi connectivity index (χ0v) is 14.8. The van der Waals surface area contributed by atoms with Crippen molar-refractivity contribution in [3.63, 3.8) is 0 Å². The standard InChI is InChI=1S/C17H21N3O6/c1-10-4-5-14(25-3)13(6-10)20-8-12(7-16(20)23)17(24)26-9-15(22)19-18-11(2)21/h4-6,12H,7-9H2,1-3H3,(H,18,21)(H,19,22)/t12-/m1/s1. The first-order valence-corrected chi connectivity index (χ1v) is 7.99. The number of amides is 3. The molecule has 1 atom stereocenters. The molecule has 9 nitrogen and oxygen atoms in total. The minimum Gasteiger partial charge on any atom is -0.495 e. The van der Waals surface area contributed by atoms with Gasteiger partial charge in [0.15, 0.2) is 6.61 Å². The quantitative estimate of drug-likeness (QED) is 0.565. The molecule has 1 aromatic carbocycles. The van der Waals surface area contributed by atoms with Gasteiger partial charge < -0.3 is 14.4 Å². The average Bonchev–Trinajstić information content (AvgIpc) is 2.99. The first-order valence-electron chi connectivity index (χ1n) is 7.99. The van der Waals surface area contributed by atoms with Crippen LogP contribution in [0.2, 0.25) is 0 Å². The van der Waals surface area contributed by atoms with Gasteiger partial charge in [-0.2, -0.15) is 0 Å². The number of hydrogen-bond donors (Lipinski definition) is 2. The van der Waals surface area contributed by atoms with Crippen molar-refractivity contribution in [1.29, 1.82) is 0 Å². The highest BCUT2D eigenvalue weighted by molar-refractivity contribution is 6.00. The summed E-state index contributed by atoms with van der Waals surface area (Å²) in [4.78, 5) is 48.1. The lowest BCUT2D eigenvalue weighted by Crippen LogP contribution is -2.42. The fourth-order valence-corrected chi connectivity index (χ4v) is 2.56. The topological polar surface area (TPSA) is 114 Å². The van der Waals surface area contributed by atoms with Crippen LogP contribution in [-0.2, 0) is 23.9 Å². The lowest BCUT2D eigenvalue weighted by Gasteiger charge is -2.20. The number of aryl methyl sites for hydroxylation is 1. The van der Waals surface area contributed by atoms with Crippen molar-refractivity contribution in [2.45, 2.75) is 20.3 Å². The molecular formula is C17H21N3O6. The Balaban J connectivity index is 1.97. The highest BCUT2D eigenvalue weighted by Gasteiger charge is 2.37. The Morgan fingerprint density at radius 3 is 2.65 bits per heavy atom. The molecule has 0 saturated carbocycles. The molecule has 0 spiro atoms. The number of hydrazine groups is 1. The molecule has 0 aliphatic carbocycles. The molecule has 0 bridgehead atoms. The van der Waals surface area contributed by atoms with E-state index >= 15 is 0 Å². The fourth-order valence-electron chi connectivity index (χ4n) is 2.56. The van der Waals surface area contributed by atoms with E-state index in [1.807, 2.05) is 19.1 Å². The van der Waals surface area contributed by atoms with E-state index in [4.69, 9.17) is 9.47 Å². The molecule has 0 radical (unpaired) electrons. The van der Waals surface area contributed by atoms with Crippen molar-refractivity contribution in [3.05, 3.63) is 23.8 Å². The zero-order valence-electron chi connectivity index (χ0n) is 14.8. The van der Waals surface area contributed by atoms with Crippen molar-refractivity contribution in [3.8, 4) is 5.75 Å². The number of anilines is 1. The molecule has 2 N–H and O–H groups in total. The molecule has 26 heavy (non-hydrogen) atoms. The molecular weight excluding hydrogens is 342 g/mol. The molecule has 1 aliphatic rings. The van der Waals surface area contributed by atoms with Gasteiger partial charge in [-0.05, 0) is 24.6 Å². The maximum absolute atomic E-state index is 12.3. The first-order chi connectivity index (χ1) is 12.3. The summed E-state index contributed by atoms with van der Waals surface area (Å²) >= 11 is 0. The maximum atomic E-state index is 12.3. The number of hydrogen-bond acceptors (Lipinski definition) is 6. The van der Waals surface area contributed by atoms with Gasteiger partial charge in [-0.25, -0.2) is 0 Å². The van der Waals surface area contributed by atoms with Crippen molar-refractivity contribution in [2.24, 2.45) is 5.92 Å². The van der Waals surface area contributed by atoms with Gasteiger partial charge in [-0.3, -0.25) is 30.0 Å². The smallest absolute Gasteiger partial charge is 0.311 e. The summed E-state index contributed by atoms with van der Waals surface area (Å²) in [5.41, 5.74) is 5.72. The summed E-state index contributed by atoms with van der Waals surface area (Å²) < 4.78 is 10.2. The number of carbonyl (C=O) groups is 4. The predicted octanol–water partition coefficient (Wildman–Crippen LogP) is 0.0670. The van der Waals surface area contributed by atoms with Crippen molar-refractivity contribution in [2.75, 3.05) is 25.2 Å². The number of benzene rings is 1. The second-order valence-corrected chi connectivity index (χ2v) is 5.92. The Morgan fingerprint density at radius 2 is 2.00 bits per heavy atom. The highest BCUT2D eigenvalue weighted by Crippen LogP contribution is 2.34. The second-order valence-electron chi connectivity index (χ2n) is 5.92. The van der Waals surface area contributed by atoms with Gasteiger partial charge in [0.25, 0.3) is 5.91 Å². The molecule has 1 aromatic rings. The summed E-state index contributed by atoms with van der Waals surface area (Å²) in [6, 6.07) is 5.43. The SMILES string of the molecule is COc1ccc(C)cc1N1C[C@H](C(=O)OCC(=O)NNC(C)=O)CC1=O. The molecule has 1 saturated heterocycles. The van der Waals surface area contributed by atoms with E-state index in [1.54, 1.807) is 6.07 Å². The van der Waals surface area contributed by atoms with E-state index in [1.165, 1.54) is 18.9 Å². The number of nitrogens with zero attached hydrogens (tertiary/aromatic N) is 1. The lowest BCUT2D eigenvalue weighted by atomic mass is 10.1. The van der Waals surface area contributed by atoms with Gasteiger partial charge in [0, 0.05) is 19.9 Å². The third-order valence-corrected chi connectivity index (χ3v) is 3.81. The van der Waals surface area contributed by atoms with Crippen molar-refractivity contribution < 1.29 is 28.7 Å². The lowest BCUT2D eigenvalue weighted by molar-refractivity contribution is -0.152. The molecule has 140 valence electrons. The minimum absolute atomic E-state index is 0.0107. The third-order valence-electron chi connectivity index (χ3n) is 3.81. The first kappa shape index (κ1) is 19.2. The zero-order chi connectivity index (χ0) is 19.3. The number of ether oxygens (including phenoxy) is 2. The van der Waals surface area contributed by atoms with E-state index in [-0.39, 0.29) is 18.9 Å². The van der Waals surface area contributed by atoms with E-state index < -0.39 is 30.3 Å². The maximum Gasteiger partial charge on any atom is 0.311 e. The fraction of sp³-hybridized carbons (Fsp3) is 0.412. The van der Waals surface area contributed by atoms with E-state index in [9.17, 15) is 19.2 Å². The monoisotopic (exact) mass is 363 g/mol. The van der Waals surface area contributed by atoms with Gasteiger partial charge in [0.1, 0.15) is 5.75 Å². The van der Waals surface area contributed by atoms with Crippen LogP contribution in [0.25, 0.3) is 0 Å². The number of rotatable bonds is 5. The van der Waals surface area contributed by atoms with Crippen LogP contribution in [0.4, 0.5) is 5.69 Å². The van der Waals surface area contributed by atoms with Crippen LogP contribution in [0.3, 0.4) is 0 Å². The van der Waals surface area contributed by atoms with Crippen LogP contribution in [0.5, 0.6) is 5.75 Å². The van der Waals surface area contributed by atoms with Gasteiger partial charge >= 0.3 is 5.97 Å². The molecule has 3 amide bonds. The van der Waals surface area contributed by atoms with E-state index in [0.29, 0.717) is 11.4 Å². The summed E-state index contributed by atoms with van der Waals surface area (Å²) in [7, 11) is 1.51. The van der Waals surface area contributed by atoms with E-state index in [0.717, 1.165) is 5.56 Å². The summed E-state index contributed by atoms with van der Waals surface area (Å²) in [6.45, 7) is 2.72. The van der Waals surface area contributed by atoms with Gasteiger partial charge in [0.2, 0.25) is 11.8 Å². The van der Waals surface area contributed by atoms with Crippen LogP contribution in [-0.4, -0.2) is 44.0 Å². The van der Waals surface area contributed by atoms with Crippen LogP contribution in [0, 0.1) is 12.8 Å². The molecule has 2 rings (SSSR count). The summed E-state index contributed by atoms with van der Waals surface area (Å²) in [6.07, 6.45) is -0.0107. The van der Waals surface area contributed by atoms with Gasteiger partial charge in [-0.1, -0.05) is 6.07 Å². The minimum atomic E-state index is -0.679. The van der Waals surface area contributed by atoms with Crippen LogP contribution in [0.15, 0.2) is 18.2 Å². The third kappa shape index (κ3) is 4.71. The Bertz CT molecular complexity index is 733. The molecule has 0 unspecified atom stereocenters. The number of esters is 1. The number of methoxy groups -OCH3 is 1. The van der Waals surface area contributed by atoms with Crippen LogP contribution < -0.4 is 20.5 Å². The molecule has 0 aromatic heterocycles. The molecule has 1 aliphatic heterocycles. The predicted molar refractivity (Wildman–Crippen MR) is 91.1 cm³/mol. The van der Waals surface area contributed by atoms with Crippen molar-refractivity contribution >= 4 is 29.4 Å². The Kier molecular flexibility index (Phi) is 6.16. The van der Waals surface area contributed by atoms with Crippen LogP contribution in [0.1, 0.15) is 18.9 Å². The van der Waals surface area contributed by atoms with E-state index in [2.05, 4.69) is 10.9 Å². The molecule has 1 heterocycles. The molecule has 1 fully saturated rings. The van der Waals surface area contributed by atoms with Crippen molar-refractivity contribution in [1.82, 2.24) is 10.9 Å². The largest absolute Gasteiger partial charge is 0.495 e. The normalized spacial score (nSPS) is 16.2. The van der Waals surface area contributed by atoms with Crippen LogP contribution >= 0.6 is 0 Å². The number of carbonyl (C=O) groups excluding carboxylic acids is 4. The Morgan fingerprint density at radius 1 is 1.27 bits per heavy atom. The van der Waals surface area contributed by atoms with Gasteiger partial charge in [0.05, 0.1) is 18.7 Å². The summed E-state index contributed by atoms with van der Waals surface area (Å²) in [5.74, 6) is -2.14. The Hall–Kier alpha value is -3.10. The Labute approximate surface area is 150 Å². The second kappa shape index (κ2) is 8.32. The highest BCUT2D eigenvalue weighted by atomic mass is 16.5. The summed E-state index contributed by atoms with van der Waals surface area (Å²) in [5, 5.41) is 0.